The Bertz CT molecular complexity index is 446. The zero-order chi connectivity index (χ0) is 17.4. The summed E-state index contributed by atoms with van der Waals surface area (Å²) in [6.45, 7) is 6.58. The first-order chi connectivity index (χ1) is 10.7. The lowest BCUT2D eigenvalue weighted by Gasteiger charge is -2.30. The van der Waals surface area contributed by atoms with Crippen LogP contribution in [-0.2, 0) is 23.1 Å². The number of hydrogen-bond donors (Lipinski definition) is 2. The van der Waals surface area contributed by atoms with E-state index in [2.05, 4.69) is 0 Å². The number of phosphoric acid groups is 1. The summed E-state index contributed by atoms with van der Waals surface area (Å²) in [4.78, 5) is 12.0. The molecule has 2 rings (SSSR count). The summed E-state index contributed by atoms with van der Waals surface area (Å²) in [5.74, 6) is -0.301. The molecule has 0 amide bonds. The van der Waals surface area contributed by atoms with Gasteiger partial charge in [-0.05, 0) is 13.8 Å². The van der Waals surface area contributed by atoms with E-state index < -0.39 is 32.2 Å². The molecule has 8 nitrogen and oxygen atoms in total. The van der Waals surface area contributed by atoms with Crippen molar-refractivity contribution < 1.29 is 38.2 Å². The maximum atomic E-state index is 12.0. The van der Waals surface area contributed by atoms with E-state index in [1.165, 1.54) is 0 Å². The van der Waals surface area contributed by atoms with E-state index in [-0.39, 0.29) is 37.3 Å². The Hall–Kier alpha value is -0.0500. The number of ether oxygens (including phenoxy) is 2. The lowest BCUT2D eigenvalue weighted by Crippen LogP contribution is -2.34. The second kappa shape index (κ2) is 7.45. The number of rotatable bonds is 6. The molecule has 2 saturated heterocycles. The number of phosphoric ester groups is 1. The minimum Gasteiger partial charge on any atom is -0.756 e. The van der Waals surface area contributed by atoms with E-state index in [9.17, 15) is 19.7 Å². The standard InChI is InChI=1S/C14H27O8P/c1-7-9(3)21-12(13(7)16)6-19-23(17,18)22-14-8(2)10(4)20-11(14)5-15/h7-16H,5-6H2,1-4H3,(H,17,18)/p-1/t7-,8-,9-,10-,11+,12+,13-,14-/m0/s1. The van der Waals surface area contributed by atoms with E-state index in [4.69, 9.17) is 18.5 Å². The fourth-order valence-electron chi connectivity index (χ4n) is 2.97. The number of hydrogen-bond acceptors (Lipinski definition) is 8. The van der Waals surface area contributed by atoms with Crippen molar-refractivity contribution in [2.45, 2.75) is 64.3 Å². The molecule has 0 aromatic carbocycles. The number of aliphatic hydroxyl groups is 2. The van der Waals surface area contributed by atoms with Crippen LogP contribution in [-0.4, -0.2) is 60.1 Å². The lowest BCUT2D eigenvalue weighted by atomic mass is 10.00. The molecular formula is C14H26O8P-. The molecule has 0 aromatic rings. The Balaban J connectivity index is 1.91. The van der Waals surface area contributed by atoms with Crippen molar-refractivity contribution in [2.75, 3.05) is 13.2 Å². The molecule has 2 heterocycles. The van der Waals surface area contributed by atoms with Crippen molar-refractivity contribution in [2.24, 2.45) is 11.8 Å². The Morgan fingerprint density at radius 1 is 1.09 bits per heavy atom. The first-order valence-corrected chi connectivity index (χ1v) is 9.36. The summed E-state index contributed by atoms with van der Waals surface area (Å²) in [6.07, 6.45) is -3.41. The van der Waals surface area contributed by atoms with E-state index in [1.807, 2.05) is 13.8 Å². The Morgan fingerprint density at radius 3 is 2.17 bits per heavy atom. The molecule has 23 heavy (non-hydrogen) atoms. The van der Waals surface area contributed by atoms with Gasteiger partial charge in [-0.3, -0.25) is 4.57 Å². The Morgan fingerprint density at radius 2 is 1.65 bits per heavy atom. The van der Waals surface area contributed by atoms with Crippen LogP contribution in [0.25, 0.3) is 0 Å². The third kappa shape index (κ3) is 4.32. The zero-order valence-corrected chi connectivity index (χ0v) is 14.7. The van der Waals surface area contributed by atoms with Gasteiger partial charge in [0.15, 0.2) is 0 Å². The predicted octanol–water partition coefficient (Wildman–Crippen LogP) is 0.0566. The third-order valence-corrected chi connectivity index (χ3v) is 5.86. The van der Waals surface area contributed by atoms with Gasteiger partial charge in [0.2, 0.25) is 0 Å². The Kier molecular flexibility index (Phi) is 6.25. The molecule has 0 spiro atoms. The van der Waals surface area contributed by atoms with Crippen molar-refractivity contribution in [3.8, 4) is 0 Å². The molecule has 136 valence electrons. The highest BCUT2D eigenvalue weighted by Crippen LogP contribution is 2.45. The highest BCUT2D eigenvalue weighted by molar-refractivity contribution is 7.45. The fraction of sp³-hybridized carbons (Fsp3) is 1.00. The molecule has 9 heteroatoms. The van der Waals surface area contributed by atoms with Gasteiger partial charge >= 0.3 is 0 Å². The van der Waals surface area contributed by atoms with Gasteiger partial charge in [-0.2, -0.15) is 0 Å². The number of aliphatic hydroxyl groups excluding tert-OH is 2. The van der Waals surface area contributed by atoms with Gasteiger partial charge in [0.05, 0.1) is 37.6 Å². The largest absolute Gasteiger partial charge is 0.756 e. The second-order valence-electron chi connectivity index (χ2n) is 6.46. The molecule has 0 aromatic heterocycles. The van der Waals surface area contributed by atoms with Crippen molar-refractivity contribution in [1.82, 2.24) is 0 Å². The van der Waals surface area contributed by atoms with Crippen LogP contribution >= 0.6 is 7.82 Å². The van der Waals surface area contributed by atoms with Crippen molar-refractivity contribution >= 4 is 7.82 Å². The quantitative estimate of drug-likeness (QED) is 0.644. The lowest BCUT2D eigenvalue weighted by molar-refractivity contribution is -0.235. The van der Waals surface area contributed by atoms with Crippen molar-refractivity contribution in [3.63, 3.8) is 0 Å². The van der Waals surface area contributed by atoms with Gasteiger partial charge in [-0.15, -0.1) is 0 Å². The summed E-state index contributed by atoms with van der Waals surface area (Å²) in [6, 6.07) is 0. The van der Waals surface area contributed by atoms with Crippen LogP contribution in [0.1, 0.15) is 27.7 Å². The molecule has 2 N–H and O–H groups in total. The van der Waals surface area contributed by atoms with Gasteiger partial charge in [0, 0.05) is 11.8 Å². The SMILES string of the molecule is C[C@@H]1[C@H](O)[C@@H](COP(=O)([O-])O[C@H]2[C@@H](C)[C@H](C)O[C@@H]2CO)O[C@H]1C. The monoisotopic (exact) mass is 353 g/mol. The summed E-state index contributed by atoms with van der Waals surface area (Å²) in [5.41, 5.74) is 0. The van der Waals surface area contributed by atoms with E-state index in [0.717, 1.165) is 0 Å². The van der Waals surface area contributed by atoms with Crippen LogP contribution in [0.5, 0.6) is 0 Å². The first-order valence-electron chi connectivity index (χ1n) is 7.90. The zero-order valence-electron chi connectivity index (χ0n) is 13.8. The average Bonchev–Trinajstić information content (AvgIpc) is 2.89. The molecule has 2 fully saturated rings. The van der Waals surface area contributed by atoms with Crippen LogP contribution in [0.2, 0.25) is 0 Å². The third-order valence-electron chi connectivity index (χ3n) is 4.89. The van der Waals surface area contributed by atoms with Crippen LogP contribution in [0.4, 0.5) is 0 Å². The normalized spacial score (nSPS) is 46.9. The van der Waals surface area contributed by atoms with Gasteiger partial charge < -0.3 is 33.6 Å². The topological polar surface area (TPSA) is 118 Å². The summed E-state index contributed by atoms with van der Waals surface area (Å²) in [5, 5.41) is 19.2. The summed E-state index contributed by atoms with van der Waals surface area (Å²) < 4.78 is 32.9. The highest BCUT2D eigenvalue weighted by atomic mass is 31.2. The molecule has 2 aliphatic heterocycles. The van der Waals surface area contributed by atoms with Gasteiger partial charge in [0.25, 0.3) is 7.82 Å². The predicted molar refractivity (Wildman–Crippen MR) is 78.5 cm³/mol. The molecule has 1 unspecified atom stereocenters. The average molecular weight is 353 g/mol. The molecule has 0 saturated carbocycles. The van der Waals surface area contributed by atoms with Crippen LogP contribution in [0, 0.1) is 11.8 Å². The smallest absolute Gasteiger partial charge is 0.268 e. The van der Waals surface area contributed by atoms with E-state index in [1.54, 1.807) is 13.8 Å². The Labute approximate surface area is 136 Å². The summed E-state index contributed by atoms with van der Waals surface area (Å²) >= 11 is 0. The fourth-order valence-corrected chi connectivity index (χ4v) is 3.99. The van der Waals surface area contributed by atoms with Crippen LogP contribution < -0.4 is 4.89 Å². The molecule has 0 radical (unpaired) electrons. The summed E-state index contributed by atoms with van der Waals surface area (Å²) in [7, 11) is -4.61. The maximum Gasteiger partial charge on any atom is 0.268 e. The molecule has 2 aliphatic rings. The van der Waals surface area contributed by atoms with Crippen LogP contribution in [0.15, 0.2) is 0 Å². The van der Waals surface area contributed by atoms with E-state index >= 15 is 0 Å². The molecule has 9 atom stereocenters. The van der Waals surface area contributed by atoms with Gasteiger partial charge in [0.1, 0.15) is 12.2 Å². The second-order valence-corrected chi connectivity index (χ2v) is 7.83. The van der Waals surface area contributed by atoms with Crippen LogP contribution in [0.3, 0.4) is 0 Å². The minimum absolute atomic E-state index is 0.0987. The van der Waals surface area contributed by atoms with Crippen molar-refractivity contribution in [1.29, 1.82) is 0 Å². The minimum atomic E-state index is -4.61. The molecular weight excluding hydrogens is 327 g/mol. The van der Waals surface area contributed by atoms with Gasteiger partial charge in [-0.25, -0.2) is 0 Å². The van der Waals surface area contributed by atoms with E-state index in [0.29, 0.717) is 0 Å². The maximum absolute atomic E-state index is 12.0. The van der Waals surface area contributed by atoms with Gasteiger partial charge in [-0.1, -0.05) is 13.8 Å². The first kappa shape index (κ1) is 19.3. The highest BCUT2D eigenvalue weighted by Gasteiger charge is 2.43. The molecule has 0 aliphatic carbocycles. The van der Waals surface area contributed by atoms with Crippen molar-refractivity contribution in [3.05, 3.63) is 0 Å². The molecule has 0 bridgehead atoms.